The average Bonchev–Trinajstić information content (AvgIpc) is 3.28. The number of nitrogens with one attached hydrogen (secondary N) is 1. The summed E-state index contributed by atoms with van der Waals surface area (Å²) in [6.45, 7) is 4.62. The summed E-state index contributed by atoms with van der Waals surface area (Å²) in [5, 5.41) is 3.40. The number of carbonyl (C=O) groups is 1. The van der Waals surface area contributed by atoms with E-state index in [9.17, 15) is 18.0 Å². The summed E-state index contributed by atoms with van der Waals surface area (Å²) in [7, 11) is 0. The Morgan fingerprint density at radius 2 is 1.59 bits per heavy atom. The standard InChI is InChI=1S/C27H24F3N5OS/c1-18-24(19-5-3-2-4-6-19)32-26(37-18)33-25(36)20-7-12-23(31-17-20)35-15-13-34(14-16-35)22-10-8-21(9-11-22)27(28,29)30/h2-12,17H,13-16H2,1H3,(H,32,33,36). The quantitative estimate of drug-likeness (QED) is 0.342. The molecule has 1 aliphatic rings. The number of nitrogens with zero attached hydrogens (tertiary/aromatic N) is 4. The van der Waals surface area contributed by atoms with Crippen LogP contribution in [0.3, 0.4) is 0 Å². The number of anilines is 3. The van der Waals surface area contributed by atoms with Crippen LogP contribution < -0.4 is 15.1 Å². The van der Waals surface area contributed by atoms with E-state index in [0.717, 1.165) is 39.8 Å². The summed E-state index contributed by atoms with van der Waals surface area (Å²) >= 11 is 1.43. The Morgan fingerprint density at radius 1 is 0.919 bits per heavy atom. The monoisotopic (exact) mass is 523 g/mol. The van der Waals surface area contributed by atoms with Gasteiger partial charge in [-0.05, 0) is 43.3 Å². The number of piperazine rings is 1. The molecule has 2 aromatic heterocycles. The van der Waals surface area contributed by atoms with Crippen LogP contribution in [0.2, 0.25) is 0 Å². The van der Waals surface area contributed by atoms with Gasteiger partial charge in [0, 0.05) is 48.5 Å². The normalized spacial score (nSPS) is 14.1. The van der Waals surface area contributed by atoms with Crippen LogP contribution in [0.1, 0.15) is 20.8 Å². The predicted molar refractivity (Wildman–Crippen MR) is 140 cm³/mol. The number of amides is 1. The van der Waals surface area contributed by atoms with Crippen molar-refractivity contribution in [1.29, 1.82) is 0 Å². The molecule has 1 N–H and O–H groups in total. The molecule has 37 heavy (non-hydrogen) atoms. The van der Waals surface area contributed by atoms with Gasteiger partial charge in [0.05, 0.1) is 16.8 Å². The fraction of sp³-hybridized carbons (Fsp3) is 0.222. The second-order valence-corrected chi connectivity index (χ2v) is 9.87. The highest BCUT2D eigenvalue weighted by molar-refractivity contribution is 7.16. The van der Waals surface area contributed by atoms with Crippen molar-refractivity contribution in [2.45, 2.75) is 13.1 Å². The molecule has 4 aromatic rings. The summed E-state index contributed by atoms with van der Waals surface area (Å²) in [5.41, 5.74) is 2.40. The summed E-state index contributed by atoms with van der Waals surface area (Å²) in [6, 6.07) is 18.6. The van der Waals surface area contributed by atoms with Gasteiger partial charge < -0.3 is 9.80 Å². The molecule has 190 valence electrons. The second-order valence-electron chi connectivity index (χ2n) is 8.67. The molecular formula is C27H24F3N5OS. The summed E-state index contributed by atoms with van der Waals surface area (Å²) in [4.78, 5) is 27.0. The molecular weight excluding hydrogens is 499 g/mol. The maximum absolute atomic E-state index is 12.8. The zero-order valence-corrected chi connectivity index (χ0v) is 20.8. The lowest BCUT2D eigenvalue weighted by atomic mass is 10.1. The lowest BCUT2D eigenvalue weighted by molar-refractivity contribution is -0.137. The van der Waals surface area contributed by atoms with Gasteiger partial charge >= 0.3 is 6.18 Å². The molecule has 2 aromatic carbocycles. The van der Waals surface area contributed by atoms with Crippen molar-refractivity contribution in [3.63, 3.8) is 0 Å². The van der Waals surface area contributed by atoms with Crippen LogP contribution in [-0.4, -0.2) is 42.1 Å². The Bertz CT molecular complexity index is 1360. The first-order chi connectivity index (χ1) is 17.8. The van der Waals surface area contributed by atoms with Crippen molar-refractivity contribution in [3.05, 3.63) is 88.9 Å². The number of thiazole rings is 1. The molecule has 3 heterocycles. The predicted octanol–water partition coefficient (Wildman–Crippen LogP) is 6.11. The topological polar surface area (TPSA) is 61.4 Å². The largest absolute Gasteiger partial charge is 0.416 e. The van der Waals surface area contributed by atoms with E-state index in [1.54, 1.807) is 12.3 Å². The first-order valence-electron chi connectivity index (χ1n) is 11.8. The van der Waals surface area contributed by atoms with E-state index in [4.69, 9.17) is 0 Å². The number of aromatic nitrogens is 2. The lowest BCUT2D eigenvalue weighted by Gasteiger charge is -2.36. The van der Waals surface area contributed by atoms with Crippen molar-refractivity contribution >= 4 is 33.9 Å². The Hall–Kier alpha value is -3.92. The van der Waals surface area contributed by atoms with E-state index in [0.29, 0.717) is 36.9 Å². The van der Waals surface area contributed by atoms with Crippen LogP contribution in [0.15, 0.2) is 72.9 Å². The first kappa shape index (κ1) is 24.8. The number of carbonyl (C=O) groups excluding carboxylic acids is 1. The van der Waals surface area contributed by atoms with Gasteiger partial charge in [-0.2, -0.15) is 13.2 Å². The fourth-order valence-electron chi connectivity index (χ4n) is 4.25. The van der Waals surface area contributed by atoms with Gasteiger partial charge in [-0.3, -0.25) is 10.1 Å². The average molecular weight is 524 g/mol. The molecule has 0 atom stereocenters. The minimum Gasteiger partial charge on any atom is -0.368 e. The molecule has 0 bridgehead atoms. The molecule has 0 radical (unpaired) electrons. The Kier molecular flexibility index (Phi) is 6.84. The SMILES string of the molecule is Cc1sc(NC(=O)c2ccc(N3CCN(c4ccc(C(F)(F)F)cc4)CC3)nc2)nc1-c1ccccc1. The number of hydrogen-bond donors (Lipinski definition) is 1. The number of pyridine rings is 1. The molecule has 1 saturated heterocycles. The van der Waals surface area contributed by atoms with Crippen LogP contribution >= 0.6 is 11.3 Å². The van der Waals surface area contributed by atoms with E-state index in [1.807, 2.05) is 43.3 Å². The summed E-state index contributed by atoms with van der Waals surface area (Å²) in [5.74, 6) is 0.472. The van der Waals surface area contributed by atoms with Gasteiger partial charge in [0.15, 0.2) is 5.13 Å². The van der Waals surface area contributed by atoms with Gasteiger partial charge in [-0.25, -0.2) is 9.97 Å². The van der Waals surface area contributed by atoms with Crippen LogP contribution in [0, 0.1) is 6.92 Å². The number of rotatable bonds is 5. The molecule has 1 fully saturated rings. The molecule has 10 heteroatoms. The van der Waals surface area contributed by atoms with Gasteiger partial charge in [0.2, 0.25) is 0 Å². The lowest BCUT2D eigenvalue weighted by Crippen LogP contribution is -2.46. The van der Waals surface area contributed by atoms with Crippen molar-refractivity contribution in [2.24, 2.45) is 0 Å². The zero-order chi connectivity index (χ0) is 26.0. The molecule has 5 rings (SSSR count). The maximum atomic E-state index is 12.8. The number of alkyl halides is 3. The van der Waals surface area contributed by atoms with Gasteiger partial charge in [-0.15, -0.1) is 11.3 Å². The molecule has 1 aliphatic heterocycles. The third-order valence-electron chi connectivity index (χ3n) is 6.24. The molecule has 0 unspecified atom stereocenters. The molecule has 0 spiro atoms. The molecule has 0 aliphatic carbocycles. The van der Waals surface area contributed by atoms with Crippen molar-refractivity contribution in [1.82, 2.24) is 9.97 Å². The van der Waals surface area contributed by atoms with E-state index in [1.165, 1.54) is 23.5 Å². The minimum atomic E-state index is -4.34. The highest BCUT2D eigenvalue weighted by atomic mass is 32.1. The van der Waals surface area contributed by atoms with Crippen molar-refractivity contribution in [3.8, 4) is 11.3 Å². The summed E-state index contributed by atoms with van der Waals surface area (Å²) in [6.07, 6.45) is -2.79. The van der Waals surface area contributed by atoms with Crippen LogP contribution in [-0.2, 0) is 6.18 Å². The number of hydrogen-bond acceptors (Lipinski definition) is 6. The van der Waals surface area contributed by atoms with Gasteiger partial charge in [-0.1, -0.05) is 30.3 Å². The fourth-order valence-corrected chi connectivity index (χ4v) is 5.08. The third-order valence-corrected chi connectivity index (χ3v) is 7.12. The van der Waals surface area contributed by atoms with Crippen LogP contribution in [0.25, 0.3) is 11.3 Å². The van der Waals surface area contributed by atoms with Gasteiger partial charge in [0.1, 0.15) is 5.82 Å². The van der Waals surface area contributed by atoms with E-state index in [-0.39, 0.29) is 5.91 Å². The Morgan fingerprint density at radius 3 is 2.22 bits per heavy atom. The first-order valence-corrected chi connectivity index (χ1v) is 12.6. The van der Waals surface area contributed by atoms with E-state index in [2.05, 4.69) is 25.1 Å². The molecule has 6 nitrogen and oxygen atoms in total. The van der Waals surface area contributed by atoms with Crippen LogP contribution in [0.4, 0.5) is 29.8 Å². The zero-order valence-electron chi connectivity index (χ0n) is 20.0. The van der Waals surface area contributed by atoms with Crippen molar-refractivity contribution in [2.75, 3.05) is 41.3 Å². The second kappa shape index (κ2) is 10.2. The minimum absolute atomic E-state index is 0.278. The number of benzene rings is 2. The highest BCUT2D eigenvalue weighted by Crippen LogP contribution is 2.32. The number of halogens is 3. The smallest absolute Gasteiger partial charge is 0.368 e. The van der Waals surface area contributed by atoms with Crippen LogP contribution in [0.5, 0.6) is 0 Å². The molecule has 0 saturated carbocycles. The van der Waals surface area contributed by atoms with Gasteiger partial charge in [0.25, 0.3) is 5.91 Å². The Balaban J connectivity index is 1.18. The number of aryl methyl sites for hydroxylation is 1. The molecule has 1 amide bonds. The highest BCUT2D eigenvalue weighted by Gasteiger charge is 2.30. The van der Waals surface area contributed by atoms with E-state index >= 15 is 0 Å². The summed E-state index contributed by atoms with van der Waals surface area (Å²) < 4.78 is 38.4. The Labute approximate surface area is 216 Å². The van der Waals surface area contributed by atoms with E-state index < -0.39 is 11.7 Å². The maximum Gasteiger partial charge on any atom is 0.416 e. The van der Waals surface area contributed by atoms with Crippen molar-refractivity contribution < 1.29 is 18.0 Å². The third kappa shape index (κ3) is 5.59.